The molecule has 0 fully saturated rings. The van der Waals surface area contributed by atoms with Crippen LogP contribution in [0.15, 0.2) is 237 Å². The van der Waals surface area contributed by atoms with E-state index in [-0.39, 0.29) is 16.2 Å². The zero-order valence-corrected chi connectivity index (χ0v) is 55.7. The molecule has 0 radical (unpaired) electrons. The van der Waals surface area contributed by atoms with Crippen molar-refractivity contribution < 1.29 is 24.1 Å². The molecule has 7 heteroatoms. The van der Waals surface area contributed by atoms with Crippen LogP contribution in [0.25, 0.3) is 44.7 Å². The van der Waals surface area contributed by atoms with Crippen molar-refractivity contribution in [2.75, 3.05) is 9.80 Å². The van der Waals surface area contributed by atoms with E-state index < -0.39 is 10.8 Å². The number of benzene rings is 10. The van der Waals surface area contributed by atoms with E-state index in [4.69, 9.17) is 9.72 Å². The van der Waals surface area contributed by atoms with Gasteiger partial charge in [0.15, 0.2) is 0 Å². The molecule has 14 rings (SSSR count). The van der Waals surface area contributed by atoms with Gasteiger partial charge in [-0.05, 0) is 52.3 Å². The van der Waals surface area contributed by atoms with Crippen molar-refractivity contribution in [2.24, 2.45) is 0 Å². The third-order valence-corrected chi connectivity index (χ3v) is 19.2. The van der Waals surface area contributed by atoms with Crippen LogP contribution in [0.4, 0.5) is 34.3 Å². The summed E-state index contributed by atoms with van der Waals surface area (Å²) < 4.78 is 13.5. The number of para-hydroxylation sites is 6. The van der Waals surface area contributed by atoms with Gasteiger partial charge in [0.05, 0.1) is 0 Å². The summed E-state index contributed by atoms with van der Waals surface area (Å²) in [4.78, 5) is 10.2. The summed E-state index contributed by atoms with van der Waals surface area (Å²) in [5, 5.41) is 0. The number of hydrogen-bond acceptors (Lipinski definition) is 4. The normalized spacial score (nSPS) is 13.7. The molecule has 10 aromatic carbocycles. The fourth-order valence-electron chi connectivity index (χ4n) is 13.6. The molecule has 2 aliphatic heterocycles. The van der Waals surface area contributed by atoms with Gasteiger partial charge >= 0.3 is 357 Å². The maximum atomic E-state index is 7.71. The Balaban J connectivity index is 1.05. The van der Waals surface area contributed by atoms with Gasteiger partial charge in [-0.15, -0.1) is 0 Å². The minimum absolute atomic E-state index is 0.157. The molecule has 2 aromatic heterocycles. The Morgan fingerprint density at radius 1 is 0.422 bits per heavy atom. The van der Waals surface area contributed by atoms with Gasteiger partial charge in [0.1, 0.15) is 0 Å². The number of ether oxygens (including phenoxy) is 1. The van der Waals surface area contributed by atoms with Gasteiger partial charge in [0.25, 0.3) is 0 Å². The third kappa shape index (κ3) is 9.81. The van der Waals surface area contributed by atoms with Crippen LogP contribution in [-0.2, 0) is 46.4 Å². The van der Waals surface area contributed by atoms with Crippen molar-refractivity contribution in [3.8, 4) is 45.1 Å². The summed E-state index contributed by atoms with van der Waals surface area (Å²) in [6.45, 7) is 27.5. The van der Waals surface area contributed by atoms with Crippen LogP contribution >= 0.6 is 0 Å². The monoisotopic (exact) mass is 1350 g/mol. The number of nitrogens with zero attached hydrogens (tertiary/aromatic N) is 5. The SMILES string of the molecule is CC(C)(C)c1cc(Oc2[c-]c3c(cc2C(C)(C)C)C2(c4cc(C(C)(C)C)ccc4N3c3cc(C(C)(C)C)ccn3)c3ccccc3N(c3ccccc3)c3ccccc32)[c-]c(-n2[c](=[Pt])n(-c3c(-c4ccccc4)cccc3-c3ccccc3)c3ccccc32)c1. The topological polar surface area (TPSA) is 38.5 Å². The van der Waals surface area contributed by atoms with Crippen LogP contribution in [-0.4, -0.2) is 14.1 Å². The predicted octanol–water partition coefficient (Wildman–Crippen LogP) is 21.8. The first-order chi connectivity index (χ1) is 43.1. The molecule has 0 saturated carbocycles. The number of fused-ring (bicyclic) bond motifs is 9. The van der Waals surface area contributed by atoms with Crippen molar-refractivity contribution in [1.29, 1.82) is 0 Å². The van der Waals surface area contributed by atoms with Gasteiger partial charge in [-0.3, -0.25) is 0 Å². The third-order valence-electron chi connectivity index (χ3n) is 18.2. The van der Waals surface area contributed by atoms with E-state index in [9.17, 15) is 0 Å². The second-order valence-electron chi connectivity index (χ2n) is 28.3. The first kappa shape index (κ1) is 58.6. The molecular formula is C83H75N5OPt-2. The number of aromatic nitrogens is 3. The average molecular weight is 1350 g/mol. The summed E-state index contributed by atoms with van der Waals surface area (Å²) in [6, 6.07) is 92.6. The van der Waals surface area contributed by atoms with Crippen LogP contribution in [0.2, 0.25) is 0 Å². The Morgan fingerprint density at radius 2 is 0.944 bits per heavy atom. The summed E-state index contributed by atoms with van der Waals surface area (Å²) >= 11 is 2.54. The Hall–Kier alpha value is -9.09. The number of rotatable bonds is 8. The summed E-state index contributed by atoms with van der Waals surface area (Å²) in [7, 11) is 0. The van der Waals surface area contributed by atoms with Crippen LogP contribution < -0.4 is 14.5 Å². The second-order valence-corrected chi connectivity index (χ2v) is 29.3. The van der Waals surface area contributed by atoms with Crippen LogP contribution in [0.3, 0.4) is 0 Å². The number of pyridine rings is 1. The van der Waals surface area contributed by atoms with Crippen molar-refractivity contribution in [3.05, 3.63) is 297 Å². The van der Waals surface area contributed by atoms with E-state index in [1.807, 2.05) is 6.20 Å². The minimum atomic E-state index is -0.857. The molecule has 4 heterocycles. The first-order valence-electron chi connectivity index (χ1n) is 31.4. The van der Waals surface area contributed by atoms with Gasteiger partial charge in [0, 0.05) is 23.3 Å². The molecule has 1 spiro atoms. The number of imidazole rings is 1. The van der Waals surface area contributed by atoms with E-state index >= 15 is 0 Å². The van der Waals surface area contributed by atoms with E-state index in [0.717, 1.165) is 99.4 Å². The quantitative estimate of drug-likeness (QED) is 0.142. The molecule has 450 valence electrons. The van der Waals surface area contributed by atoms with E-state index in [0.29, 0.717) is 11.5 Å². The van der Waals surface area contributed by atoms with Crippen LogP contribution in [0, 0.1) is 15.9 Å². The Bertz CT molecular complexity index is 4710. The molecule has 0 saturated heterocycles. The standard InChI is InChI=1S/C83H75N5O.Pt/c1-79(2,3)57-43-44-72-67(49-57)83(65-37-22-24-39-70(65)87(60-33-20-15-21-34-60)71-40-25-23-38-66(71)83)68-52-69(82(10,11)12)76(53-75(68)88(72)77-50-58(45-46-84-77)80(4,5)6)89-62-48-59(81(7,8)9)47-61(51-62)85-54-86(74-42-27-26-41-73(74)85)78-63(55-29-16-13-17-30-55)35-28-36-64(78)56-31-18-14-19-32-56;/h13-50,52H,1-12H3;/q-2;. The van der Waals surface area contributed by atoms with Crippen LogP contribution in [0.1, 0.15) is 128 Å². The molecule has 0 amide bonds. The summed E-state index contributed by atoms with van der Waals surface area (Å²) in [6.07, 6.45) is 1.97. The van der Waals surface area contributed by atoms with E-state index in [2.05, 4.69) is 364 Å². The molecule has 0 aliphatic carbocycles. The maximum absolute atomic E-state index is 7.71. The van der Waals surface area contributed by atoms with Gasteiger partial charge in [-0.25, -0.2) is 0 Å². The molecule has 0 bridgehead atoms. The van der Waals surface area contributed by atoms with Crippen molar-refractivity contribution in [3.63, 3.8) is 0 Å². The van der Waals surface area contributed by atoms with Gasteiger partial charge in [-0.1, -0.05) is 108 Å². The number of anilines is 6. The Kier molecular flexibility index (Phi) is 14.2. The molecule has 0 unspecified atom stereocenters. The van der Waals surface area contributed by atoms with E-state index in [1.165, 1.54) is 27.8 Å². The molecule has 0 N–H and O–H groups in total. The Labute approximate surface area is 542 Å². The van der Waals surface area contributed by atoms with E-state index in [1.54, 1.807) is 0 Å². The molecular weight excluding hydrogens is 1280 g/mol. The molecule has 12 aromatic rings. The van der Waals surface area contributed by atoms with Gasteiger partial charge < -0.3 is 4.90 Å². The molecule has 6 nitrogen and oxygen atoms in total. The molecule has 90 heavy (non-hydrogen) atoms. The molecule has 2 aliphatic rings. The molecule has 0 atom stereocenters. The fraction of sp³-hybridized carbons (Fsp3) is 0.205. The fourth-order valence-corrected chi connectivity index (χ4v) is 14.7. The van der Waals surface area contributed by atoms with Gasteiger partial charge in [-0.2, -0.15) is 0 Å². The Morgan fingerprint density at radius 3 is 1.52 bits per heavy atom. The zero-order valence-electron chi connectivity index (χ0n) is 53.5. The van der Waals surface area contributed by atoms with Crippen LogP contribution in [0.5, 0.6) is 11.5 Å². The van der Waals surface area contributed by atoms with Crippen molar-refractivity contribution in [1.82, 2.24) is 14.1 Å². The summed E-state index contributed by atoms with van der Waals surface area (Å²) in [5.41, 5.74) is 21.2. The van der Waals surface area contributed by atoms with Crippen molar-refractivity contribution in [2.45, 2.75) is 110 Å². The predicted molar refractivity (Wildman–Crippen MR) is 368 cm³/mol. The first-order valence-corrected chi connectivity index (χ1v) is 32.5. The zero-order chi connectivity index (χ0) is 62.6. The van der Waals surface area contributed by atoms with Crippen molar-refractivity contribution >= 4 is 45.3 Å². The second kappa shape index (κ2) is 21.8. The number of hydrogen-bond donors (Lipinski definition) is 0. The van der Waals surface area contributed by atoms with Gasteiger partial charge in [0.2, 0.25) is 0 Å². The average Bonchev–Trinajstić information content (AvgIpc) is 0.786. The summed E-state index contributed by atoms with van der Waals surface area (Å²) in [5.74, 6) is 2.04.